The van der Waals surface area contributed by atoms with E-state index in [4.69, 9.17) is 11.5 Å². The van der Waals surface area contributed by atoms with Gasteiger partial charge in [0.15, 0.2) is 11.5 Å². The van der Waals surface area contributed by atoms with Crippen LogP contribution in [0.25, 0.3) is 17.0 Å². The Labute approximate surface area is 136 Å². The molecule has 0 amide bonds. The predicted molar refractivity (Wildman–Crippen MR) is 86.4 cm³/mol. The molecule has 3 rings (SSSR count). The van der Waals surface area contributed by atoms with Crippen molar-refractivity contribution in [2.24, 2.45) is 11.5 Å². The molecule has 0 fully saturated rings. The zero-order valence-corrected chi connectivity index (χ0v) is 13.2. The number of nitrogens with zero attached hydrogens (tertiary/aromatic N) is 4. The summed E-state index contributed by atoms with van der Waals surface area (Å²) in [5.74, 6) is -0.692. The second-order valence-electron chi connectivity index (χ2n) is 5.65. The summed E-state index contributed by atoms with van der Waals surface area (Å²) >= 11 is 0. The minimum atomic E-state index is -0.788. The van der Waals surface area contributed by atoms with Crippen molar-refractivity contribution in [2.75, 3.05) is 0 Å². The van der Waals surface area contributed by atoms with Crippen molar-refractivity contribution in [3.8, 4) is 0 Å². The van der Waals surface area contributed by atoms with Gasteiger partial charge in [-0.15, -0.1) is 10.2 Å². The molecule has 124 valence electrons. The SMILES string of the molecule is CC(C)c1nnc2ccc(/C(N)=C(/N)c3ccc(F)cc3F)nn12. The number of aromatic nitrogens is 4. The molecule has 0 aliphatic heterocycles. The molecule has 0 saturated heterocycles. The minimum absolute atomic E-state index is 0.0153. The Morgan fingerprint density at radius 2 is 1.79 bits per heavy atom. The Morgan fingerprint density at radius 1 is 1.04 bits per heavy atom. The number of hydrogen-bond acceptors (Lipinski definition) is 5. The van der Waals surface area contributed by atoms with Gasteiger partial charge in [0.25, 0.3) is 0 Å². The summed E-state index contributed by atoms with van der Waals surface area (Å²) in [5.41, 5.74) is 13.0. The van der Waals surface area contributed by atoms with E-state index in [1.165, 1.54) is 6.07 Å². The number of nitrogens with two attached hydrogens (primary N) is 2. The average Bonchev–Trinajstić information content (AvgIpc) is 2.96. The zero-order valence-electron chi connectivity index (χ0n) is 13.2. The highest BCUT2D eigenvalue weighted by Gasteiger charge is 2.15. The van der Waals surface area contributed by atoms with E-state index in [9.17, 15) is 8.78 Å². The number of fused-ring (bicyclic) bond motifs is 1. The van der Waals surface area contributed by atoms with E-state index in [0.29, 0.717) is 17.2 Å². The second-order valence-corrected chi connectivity index (χ2v) is 5.65. The molecule has 24 heavy (non-hydrogen) atoms. The quantitative estimate of drug-likeness (QED) is 0.768. The normalized spacial score (nSPS) is 12.7. The first-order valence-corrected chi connectivity index (χ1v) is 7.32. The molecule has 0 aliphatic rings. The lowest BCUT2D eigenvalue weighted by molar-refractivity contribution is 0.581. The van der Waals surface area contributed by atoms with Crippen molar-refractivity contribution >= 4 is 17.0 Å². The van der Waals surface area contributed by atoms with Crippen LogP contribution in [-0.4, -0.2) is 19.8 Å². The van der Waals surface area contributed by atoms with Crippen LogP contribution in [0.2, 0.25) is 0 Å². The monoisotopic (exact) mass is 330 g/mol. The lowest BCUT2D eigenvalue weighted by Crippen LogP contribution is -2.12. The van der Waals surface area contributed by atoms with Crippen molar-refractivity contribution < 1.29 is 8.78 Å². The summed E-state index contributed by atoms with van der Waals surface area (Å²) in [7, 11) is 0. The highest BCUT2D eigenvalue weighted by atomic mass is 19.1. The van der Waals surface area contributed by atoms with Crippen LogP contribution in [-0.2, 0) is 0 Å². The molecule has 1 aromatic carbocycles. The maximum absolute atomic E-state index is 13.9. The van der Waals surface area contributed by atoms with E-state index >= 15 is 0 Å². The third-order valence-electron chi connectivity index (χ3n) is 3.59. The number of benzene rings is 1. The molecular weight excluding hydrogens is 314 g/mol. The number of rotatable bonds is 3. The highest BCUT2D eigenvalue weighted by Crippen LogP contribution is 2.21. The fraction of sp³-hybridized carbons (Fsp3) is 0.188. The van der Waals surface area contributed by atoms with Gasteiger partial charge in [0.05, 0.1) is 11.4 Å². The van der Waals surface area contributed by atoms with Gasteiger partial charge in [-0.2, -0.15) is 9.61 Å². The molecule has 4 N–H and O–H groups in total. The summed E-state index contributed by atoms with van der Waals surface area (Å²) in [6.07, 6.45) is 0. The Hall–Kier alpha value is -3.03. The van der Waals surface area contributed by atoms with Gasteiger partial charge >= 0.3 is 0 Å². The van der Waals surface area contributed by atoms with Gasteiger partial charge in [0.2, 0.25) is 0 Å². The van der Waals surface area contributed by atoms with Crippen LogP contribution >= 0.6 is 0 Å². The first-order valence-electron chi connectivity index (χ1n) is 7.32. The van der Waals surface area contributed by atoms with Gasteiger partial charge in [0.1, 0.15) is 17.3 Å². The smallest absolute Gasteiger partial charge is 0.177 e. The van der Waals surface area contributed by atoms with Crippen LogP contribution in [0.4, 0.5) is 8.78 Å². The predicted octanol–water partition coefficient (Wildman–Crippen LogP) is 2.27. The van der Waals surface area contributed by atoms with Gasteiger partial charge in [-0.1, -0.05) is 13.8 Å². The van der Waals surface area contributed by atoms with Gasteiger partial charge in [0, 0.05) is 17.5 Å². The molecule has 3 aromatic rings. The Balaban J connectivity index is 2.12. The van der Waals surface area contributed by atoms with Gasteiger partial charge < -0.3 is 11.5 Å². The molecule has 2 heterocycles. The molecule has 0 radical (unpaired) electrons. The third kappa shape index (κ3) is 2.66. The summed E-state index contributed by atoms with van der Waals surface area (Å²) in [6, 6.07) is 6.43. The van der Waals surface area contributed by atoms with Crippen molar-refractivity contribution in [3.05, 3.63) is 59.0 Å². The number of hydrogen-bond donors (Lipinski definition) is 2. The molecule has 0 atom stereocenters. The summed E-state index contributed by atoms with van der Waals surface area (Å²) < 4.78 is 28.5. The maximum Gasteiger partial charge on any atom is 0.177 e. The minimum Gasteiger partial charge on any atom is -0.396 e. The standard InChI is InChI=1S/C16H16F2N6/c1-8(2)16-22-21-13-6-5-12(23-24(13)16)15(20)14(19)10-4-3-9(17)7-11(10)18/h3-8H,19-20H2,1-2H3/b15-14-. The van der Waals surface area contributed by atoms with Crippen molar-refractivity contribution in [1.29, 1.82) is 0 Å². The molecule has 0 spiro atoms. The average molecular weight is 330 g/mol. The molecule has 8 heteroatoms. The van der Waals surface area contributed by atoms with Crippen LogP contribution in [0.1, 0.15) is 36.8 Å². The van der Waals surface area contributed by atoms with E-state index in [1.807, 2.05) is 13.8 Å². The summed E-state index contributed by atoms with van der Waals surface area (Å²) in [4.78, 5) is 0. The largest absolute Gasteiger partial charge is 0.396 e. The second kappa shape index (κ2) is 5.88. The van der Waals surface area contributed by atoms with E-state index in [-0.39, 0.29) is 22.9 Å². The fourth-order valence-corrected chi connectivity index (χ4v) is 2.30. The maximum atomic E-state index is 13.9. The van der Waals surface area contributed by atoms with Crippen LogP contribution in [0, 0.1) is 11.6 Å². The highest BCUT2D eigenvalue weighted by molar-refractivity contribution is 5.86. The zero-order chi connectivity index (χ0) is 17.4. The van der Waals surface area contributed by atoms with E-state index in [1.54, 1.807) is 16.6 Å². The number of halogens is 2. The van der Waals surface area contributed by atoms with Crippen LogP contribution in [0.3, 0.4) is 0 Å². The van der Waals surface area contributed by atoms with Crippen molar-refractivity contribution in [2.45, 2.75) is 19.8 Å². The van der Waals surface area contributed by atoms with Crippen molar-refractivity contribution in [1.82, 2.24) is 19.8 Å². The summed E-state index contributed by atoms with van der Waals surface area (Å²) in [6.45, 7) is 3.93. The first kappa shape index (κ1) is 15.9. The van der Waals surface area contributed by atoms with E-state index < -0.39 is 11.6 Å². The van der Waals surface area contributed by atoms with Gasteiger partial charge in [-0.05, 0) is 24.3 Å². The summed E-state index contributed by atoms with van der Waals surface area (Å²) in [5, 5.41) is 12.5. The van der Waals surface area contributed by atoms with Gasteiger partial charge in [-0.25, -0.2) is 8.78 Å². The van der Waals surface area contributed by atoms with Crippen LogP contribution in [0.15, 0.2) is 30.3 Å². The van der Waals surface area contributed by atoms with E-state index in [2.05, 4.69) is 15.3 Å². The molecule has 0 bridgehead atoms. The van der Waals surface area contributed by atoms with Crippen LogP contribution < -0.4 is 11.5 Å². The molecule has 0 aliphatic carbocycles. The molecule has 6 nitrogen and oxygen atoms in total. The lowest BCUT2D eigenvalue weighted by atomic mass is 10.1. The van der Waals surface area contributed by atoms with Crippen LogP contribution in [0.5, 0.6) is 0 Å². The Morgan fingerprint density at radius 3 is 2.46 bits per heavy atom. The van der Waals surface area contributed by atoms with Crippen molar-refractivity contribution in [3.63, 3.8) is 0 Å². The lowest BCUT2D eigenvalue weighted by Gasteiger charge is -2.09. The van der Waals surface area contributed by atoms with E-state index in [0.717, 1.165) is 12.1 Å². The van der Waals surface area contributed by atoms with Gasteiger partial charge in [-0.3, -0.25) is 0 Å². The topological polar surface area (TPSA) is 95.1 Å². The molecule has 0 unspecified atom stereocenters. The fourth-order valence-electron chi connectivity index (χ4n) is 2.30. The molecule has 0 saturated carbocycles. The third-order valence-corrected chi connectivity index (χ3v) is 3.59. The Bertz CT molecular complexity index is 945. The molecular formula is C16H16F2N6. The Kier molecular flexibility index (Phi) is 3.88. The molecule has 2 aromatic heterocycles. The first-order chi connectivity index (χ1) is 11.4.